The Labute approximate surface area is 118 Å². The van der Waals surface area contributed by atoms with Gasteiger partial charge in [-0.05, 0) is 45.6 Å². The van der Waals surface area contributed by atoms with E-state index in [4.69, 9.17) is 10.00 Å². The van der Waals surface area contributed by atoms with Crippen LogP contribution in [-0.2, 0) is 4.74 Å². The first kappa shape index (κ1) is 15.4. The predicted molar refractivity (Wildman–Crippen MR) is 75.4 cm³/mol. The molecule has 1 aromatic heterocycles. The van der Waals surface area contributed by atoms with Gasteiger partial charge >= 0.3 is 6.09 Å². The minimum absolute atomic E-state index is 0.436. The number of nitrogens with zero attached hydrogens (tertiary/aromatic N) is 3. The molecule has 1 heterocycles. The quantitative estimate of drug-likeness (QED) is 0.850. The molecule has 1 aromatic rings. The standard InChI is InChI=1S/C13H19N3O2S/c1-6-7-16(12(17)18-13(3,4)5)11-10(8-14)9(2)15-19-11/h6-7H2,1-5H3. The predicted octanol–water partition coefficient (Wildman–Crippen LogP) is 3.47. The largest absolute Gasteiger partial charge is 0.443 e. The normalized spacial score (nSPS) is 10.9. The first-order valence-corrected chi connectivity index (χ1v) is 6.94. The number of hydrogen-bond acceptors (Lipinski definition) is 5. The summed E-state index contributed by atoms with van der Waals surface area (Å²) in [6.07, 6.45) is 0.343. The molecule has 6 heteroatoms. The number of nitriles is 1. The van der Waals surface area contributed by atoms with E-state index in [1.54, 1.807) is 6.92 Å². The monoisotopic (exact) mass is 281 g/mol. The van der Waals surface area contributed by atoms with Gasteiger partial charge in [-0.15, -0.1) is 0 Å². The molecule has 0 fully saturated rings. The van der Waals surface area contributed by atoms with E-state index >= 15 is 0 Å². The van der Waals surface area contributed by atoms with Crippen molar-refractivity contribution >= 4 is 22.6 Å². The van der Waals surface area contributed by atoms with E-state index < -0.39 is 11.7 Å². The Morgan fingerprint density at radius 3 is 2.63 bits per heavy atom. The summed E-state index contributed by atoms with van der Waals surface area (Å²) in [7, 11) is 0. The summed E-state index contributed by atoms with van der Waals surface area (Å²) >= 11 is 1.16. The topological polar surface area (TPSA) is 66.2 Å². The fraction of sp³-hybridized carbons (Fsp3) is 0.615. The van der Waals surface area contributed by atoms with Gasteiger partial charge in [0, 0.05) is 6.54 Å². The molecule has 1 rings (SSSR count). The van der Waals surface area contributed by atoms with Crippen LogP contribution in [0.3, 0.4) is 0 Å². The summed E-state index contributed by atoms with van der Waals surface area (Å²) in [4.78, 5) is 13.7. The second-order valence-corrected chi connectivity index (χ2v) is 5.94. The highest BCUT2D eigenvalue weighted by molar-refractivity contribution is 7.10. The van der Waals surface area contributed by atoms with Crippen LogP contribution in [0.2, 0.25) is 0 Å². The van der Waals surface area contributed by atoms with E-state index in [1.165, 1.54) is 4.90 Å². The number of ether oxygens (including phenoxy) is 1. The maximum absolute atomic E-state index is 12.2. The minimum atomic E-state index is -0.560. The van der Waals surface area contributed by atoms with Crippen LogP contribution in [0.1, 0.15) is 45.4 Å². The Balaban J connectivity index is 3.07. The molecule has 1 amide bonds. The summed E-state index contributed by atoms with van der Waals surface area (Å²) < 4.78 is 9.51. The third kappa shape index (κ3) is 3.93. The van der Waals surface area contributed by atoms with Crippen molar-refractivity contribution in [3.8, 4) is 6.07 Å². The SMILES string of the molecule is CCCN(C(=O)OC(C)(C)C)c1snc(C)c1C#N. The highest BCUT2D eigenvalue weighted by Crippen LogP contribution is 2.29. The molecular formula is C13H19N3O2S. The van der Waals surface area contributed by atoms with Crippen LogP contribution < -0.4 is 4.90 Å². The molecule has 0 unspecified atom stereocenters. The van der Waals surface area contributed by atoms with Crippen molar-refractivity contribution in [2.45, 2.75) is 46.6 Å². The lowest BCUT2D eigenvalue weighted by molar-refractivity contribution is 0.0581. The Hall–Kier alpha value is -1.61. The molecule has 0 radical (unpaired) electrons. The second-order valence-electron chi connectivity index (χ2n) is 5.19. The van der Waals surface area contributed by atoms with E-state index in [0.29, 0.717) is 22.8 Å². The Morgan fingerprint density at radius 1 is 1.53 bits per heavy atom. The van der Waals surface area contributed by atoms with Gasteiger partial charge in [0.25, 0.3) is 0 Å². The molecule has 0 N–H and O–H groups in total. The summed E-state index contributed by atoms with van der Waals surface area (Å²) in [6.45, 7) is 9.69. The van der Waals surface area contributed by atoms with Crippen molar-refractivity contribution in [3.63, 3.8) is 0 Å². The van der Waals surface area contributed by atoms with Gasteiger partial charge in [-0.3, -0.25) is 4.90 Å². The van der Waals surface area contributed by atoms with Gasteiger partial charge in [0.05, 0.1) is 5.69 Å². The van der Waals surface area contributed by atoms with Gasteiger partial charge in [-0.2, -0.15) is 9.64 Å². The highest BCUT2D eigenvalue weighted by Gasteiger charge is 2.27. The van der Waals surface area contributed by atoms with Crippen LogP contribution in [0.15, 0.2) is 0 Å². The molecule has 0 atom stereocenters. The zero-order chi connectivity index (χ0) is 14.6. The summed E-state index contributed by atoms with van der Waals surface area (Å²) in [5.41, 5.74) is 0.534. The van der Waals surface area contributed by atoms with Gasteiger partial charge in [-0.25, -0.2) is 4.79 Å². The molecule has 0 aliphatic heterocycles. The van der Waals surface area contributed by atoms with Crippen molar-refractivity contribution in [1.82, 2.24) is 4.37 Å². The maximum Gasteiger partial charge on any atom is 0.415 e. The van der Waals surface area contributed by atoms with Crippen LogP contribution in [0.5, 0.6) is 0 Å². The lowest BCUT2D eigenvalue weighted by Gasteiger charge is -2.26. The number of hydrogen-bond donors (Lipinski definition) is 0. The van der Waals surface area contributed by atoms with Crippen molar-refractivity contribution in [2.24, 2.45) is 0 Å². The van der Waals surface area contributed by atoms with Gasteiger partial charge in [-0.1, -0.05) is 6.92 Å². The molecular weight excluding hydrogens is 262 g/mol. The number of amides is 1. The van der Waals surface area contributed by atoms with Gasteiger partial charge in [0.15, 0.2) is 0 Å². The number of carbonyl (C=O) groups is 1. The molecule has 0 saturated carbocycles. The first-order valence-electron chi connectivity index (χ1n) is 6.17. The Kier molecular flexibility index (Phi) is 4.90. The van der Waals surface area contributed by atoms with Crippen LogP contribution >= 0.6 is 11.5 Å². The third-order valence-electron chi connectivity index (χ3n) is 2.26. The second kappa shape index (κ2) is 6.02. The van der Waals surface area contributed by atoms with Gasteiger partial charge < -0.3 is 4.74 Å². The molecule has 0 aromatic carbocycles. The van der Waals surface area contributed by atoms with Gasteiger partial charge in [0.1, 0.15) is 22.2 Å². The number of carbonyl (C=O) groups excluding carboxylic acids is 1. The van der Waals surface area contributed by atoms with Crippen molar-refractivity contribution in [3.05, 3.63) is 11.3 Å². The lowest BCUT2D eigenvalue weighted by atomic mass is 10.2. The number of aromatic nitrogens is 1. The average Bonchev–Trinajstić information content (AvgIpc) is 2.64. The van der Waals surface area contributed by atoms with Gasteiger partial charge in [0.2, 0.25) is 0 Å². The smallest absolute Gasteiger partial charge is 0.415 e. The van der Waals surface area contributed by atoms with E-state index in [9.17, 15) is 4.79 Å². The zero-order valence-electron chi connectivity index (χ0n) is 12.0. The Bertz CT molecular complexity index is 497. The molecule has 0 saturated heterocycles. The van der Waals surface area contributed by atoms with E-state index in [1.807, 2.05) is 27.7 Å². The van der Waals surface area contributed by atoms with Crippen molar-refractivity contribution in [1.29, 1.82) is 5.26 Å². The fourth-order valence-electron chi connectivity index (χ4n) is 1.49. The number of aryl methyl sites for hydroxylation is 1. The van der Waals surface area contributed by atoms with Crippen molar-refractivity contribution in [2.75, 3.05) is 11.4 Å². The third-order valence-corrected chi connectivity index (χ3v) is 3.23. The highest BCUT2D eigenvalue weighted by atomic mass is 32.1. The molecule has 0 aliphatic rings. The van der Waals surface area contributed by atoms with Crippen LogP contribution in [0.4, 0.5) is 9.80 Å². The van der Waals surface area contributed by atoms with Crippen molar-refractivity contribution < 1.29 is 9.53 Å². The van der Waals surface area contributed by atoms with Crippen LogP contribution in [-0.4, -0.2) is 22.6 Å². The molecule has 0 spiro atoms. The van der Waals surface area contributed by atoms with E-state index in [2.05, 4.69) is 10.4 Å². The molecule has 104 valence electrons. The number of rotatable bonds is 3. The minimum Gasteiger partial charge on any atom is -0.443 e. The molecule has 0 aliphatic carbocycles. The Morgan fingerprint density at radius 2 is 2.16 bits per heavy atom. The zero-order valence-corrected chi connectivity index (χ0v) is 12.8. The van der Waals surface area contributed by atoms with Crippen LogP contribution in [0.25, 0.3) is 0 Å². The lowest BCUT2D eigenvalue weighted by Crippen LogP contribution is -2.37. The molecule has 19 heavy (non-hydrogen) atoms. The molecule has 5 nitrogen and oxygen atoms in total. The summed E-state index contributed by atoms with van der Waals surface area (Å²) in [5, 5.41) is 9.72. The van der Waals surface area contributed by atoms with E-state index in [0.717, 1.165) is 18.0 Å². The maximum atomic E-state index is 12.2. The number of anilines is 1. The molecule has 0 bridgehead atoms. The summed E-state index contributed by atoms with van der Waals surface area (Å²) in [5.74, 6) is 0. The first-order chi connectivity index (χ1) is 8.80. The fourth-order valence-corrected chi connectivity index (χ4v) is 2.35. The summed E-state index contributed by atoms with van der Waals surface area (Å²) in [6, 6.07) is 2.10. The van der Waals surface area contributed by atoms with E-state index in [-0.39, 0.29) is 0 Å². The van der Waals surface area contributed by atoms with Crippen LogP contribution in [0, 0.1) is 18.3 Å². The average molecular weight is 281 g/mol.